The number of nitrogens with zero attached hydrogens (tertiary/aromatic N) is 1. The second-order valence-corrected chi connectivity index (χ2v) is 9.90. The van der Waals surface area contributed by atoms with Crippen molar-refractivity contribution in [3.05, 3.63) is 75.4 Å². The van der Waals surface area contributed by atoms with Crippen LogP contribution in [0.15, 0.2) is 64.9 Å². The van der Waals surface area contributed by atoms with Crippen LogP contribution in [-0.2, 0) is 10.0 Å². The average molecular weight is 464 g/mol. The van der Waals surface area contributed by atoms with Crippen LogP contribution in [-0.4, -0.2) is 38.6 Å². The first kappa shape index (κ1) is 22.0. The average Bonchev–Trinajstić information content (AvgIpc) is 3.25. The fourth-order valence-corrected chi connectivity index (χ4v) is 4.16. The Labute approximate surface area is 183 Å². The first-order valence-electron chi connectivity index (χ1n) is 8.67. The molecule has 0 saturated heterocycles. The zero-order valence-electron chi connectivity index (χ0n) is 16.0. The maximum Gasteiger partial charge on any atom is 0.265 e. The number of nitrogens with one attached hydrogen (secondary N) is 2. The van der Waals surface area contributed by atoms with Gasteiger partial charge in [-0.15, -0.1) is 11.3 Å². The van der Waals surface area contributed by atoms with Gasteiger partial charge in [-0.05, 0) is 53.9 Å². The van der Waals surface area contributed by atoms with Crippen molar-refractivity contribution in [1.29, 1.82) is 0 Å². The number of hydrogen-bond acceptors (Lipinski definition) is 5. The Bertz CT molecular complexity index is 1180. The molecule has 0 aliphatic carbocycles. The molecule has 1 heterocycles. The van der Waals surface area contributed by atoms with E-state index in [9.17, 15) is 18.0 Å². The Morgan fingerprint density at radius 1 is 0.967 bits per heavy atom. The van der Waals surface area contributed by atoms with E-state index in [1.54, 1.807) is 17.5 Å². The van der Waals surface area contributed by atoms with E-state index < -0.39 is 15.9 Å². The Morgan fingerprint density at radius 3 is 2.27 bits per heavy atom. The van der Waals surface area contributed by atoms with Crippen LogP contribution >= 0.6 is 22.9 Å². The predicted molar refractivity (Wildman–Crippen MR) is 119 cm³/mol. The molecule has 1 aromatic heterocycles. The van der Waals surface area contributed by atoms with Crippen molar-refractivity contribution in [1.82, 2.24) is 4.31 Å². The molecule has 0 spiro atoms. The molecule has 3 rings (SSSR count). The minimum absolute atomic E-state index is 0.121. The molecule has 0 fully saturated rings. The smallest absolute Gasteiger partial charge is 0.265 e. The number of hydrogen-bond donors (Lipinski definition) is 2. The molecule has 0 atom stereocenters. The lowest BCUT2D eigenvalue weighted by Gasteiger charge is -2.12. The van der Waals surface area contributed by atoms with Crippen LogP contribution in [0.1, 0.15) is 20.0 Å². The van der Waals surface area contributed by atoms with E-state index in [-0.39, 0.29) is 16.4 Å². The molecule has 0 aliphatic heterocycles. The van der Waals surface area contributed by atoms with Crippen LogP contribution in [0.2, 0.25) is 5.02 Å². The zero-order chi connectivity index (χ0) is 21.9. The van der Waals surface area contributed by atoms with Gasteiger partial charge in [-0.1, -0.05) is 17.7 Å². The third kappa shape index (κ3) is 4.88. The topological polar surface area (TPSA) is 95.6 Å². The van der Waals surface area contributed by atoms with E-state index in [4.69, 9.17) is 11.6 Å². The molecule has 30 heavy (non-hydrogen) atoms. The molecule has 2 N–H and O–H groups in total. The second-order valence-electron chi connectivity index (χ2n) is 6.39. The van der Waals surface area contributed by atoms with E-state index in [1.165, 1.54) is 67.9 Å². The number of carbonyl (C=O) groups is 2. The molecule has 2 amide bonds. The van der Waals surface area contributed by atoms with Crippen molar-refractivity contribution in [3.63, 3.8) is 0 Å². The van der Waals surface area contributed by atoms with Crippen LogP contribution in [0, 0.1) is 0 Å². The highest BCUT2D eigenvalue weighted by Gasteiger charge is 2.17. The van der Waals surface area contributed by atoms with Crippen LogP contribution in [0.25, 0.3) is 0 Å². The van der Waals surface area contributed by atoms with Gasteiger partial charge in [0.05, 0.1) is 20.5 Å². The van der Waals surface area contributed by atoms with Crippen molar-refractivity contribution >= 4 is 56.2 Å². The standard InChI is InChI=1S/C20H18ClN3O4S2/c1-24(2)30(27,28)15-8-6-14(7-9-15)22-19(25)13-5-10-16(21)17(12-13)23-20(26)18-4-3-11-29-18/h3-12H,1-2H3,(H,22,25)(H,23,26). The number of rotatable bonds is 6. The van der Waals surface area contributed by atoms with Crippen LogP contribution in [0.4, 0.5) is 11.4 Å². The summed E-state index contributed by atoms with van der Waals surface area (Å²) in [6, 6.07) is 13.8. The van der Waals surface area contributed by atoms with E-state index >= 15 is 0 Å². The lowest BCUT2D eigenvalue weighted by atomic mass is 10.1. The molecule has 10 heteroatoms. The first-order valence-corrected chi connectivity index (χ1v) is 11.4. The van der Waals surface area contributed by atoms with E-state index in [0.717, 1.165) is 4.31 Å². The molecule has 0 unspecified atom stereocenters. The predicted octanol–water partition coefficient (Wildman–Crippen LogP) is 4.16. The number of benzene rings is 2. The molecular formula is C20H18ClN3O4S2. The number of amides is 2. The van der Waals surface area contributed by atoms with Gasteiger partial charge >= 0.3 is 0 Å². The fourth-order valence-electron chi connectivity index (χ4n) is 2.48. The van der Waals surface area contributed by atoms with Gasteiger partial charge in [0.25, 0.3) is 11.8 Å². The van der Waals surface area contributed by atoms with Crippen molar-refractivity contribution in [2.45, 2.75) is 4.90 Å². The SMILES string of the molecule is CN(C)S(=O)(=O)c1ccc(NC(=O)c2ccc(Cl)c(NC(=O)c3cccs3)c2)cc1. The minimum Gasteiger partial charge on any atom is -0.322 e. The van der Waals surface area contributed by atoms with Gasteiger partial charge in [-0.2, -0.15) is 0 Å². The molecule has 0 bridgehead atoms. The number of thiophene rings is 1. The highest BCUT2D eigenvalue weighted by atomic mass is 35.5. The molecule has 3 aromatic rings. The van der Waals surface area contributed by atoms with Crippen LogP contribution in [0.5, 0.6) is 0 Å². The lowest BCUT2D eigenvalue weighted by molar-refractivity contribution is 0.101. The fraction of sp³-hybridized carbons (Fsp3) is 0.100. The van der Waals surface area contributed by atoms with Gasteiger partial charge in [0.15, 0.2) is 0 Å². The van der Waals surface area contributed by atoms with E-state index in [2.05, 4.69) is 10.6 Å². The maximum atomic E-state index is 12.6. The van der Waals surface area contributed by atoms with E-state index in [1.807, 2.05) is 0 Å². The summed E-state index contributed by atoms with van der Waals surface area (Å²) in [5.74, 6) is -0.747. The summed E-state index contributed by atoms with van der Waals surface area (Å²) in [6.07, 6.45) is 0. The van der Waals surface area contributed by atoms with Crippen molar-refractivity contribution in [2.75, 3.05) is 24.7 Å². The Morgan fingerprint density at radius 2 is 1.67 bits per heavy atom. The first-order chi connectivity index (χ1) is 14.2. The van der Waals surface area contributed by atoms with Gasteiger partial charge in [0.2, 0.25) is 10.0 Å². The molecule has 0 aliphatic rings. The van der Waals surface area contributed by atoms with Crippen molar-refractivity contribution in [3.8, 4) is 0 Å². The molecular weight excluding hydrogens is 446 g/mol. The Balaban J connectivity index is 1.75. The van der Waals surface area contributed by atoms with Crippen LogP contribution < -0.4 is 10.6 Å². The van der Waals surface area contributed by atoms with Gasteiger partial charge in [-0.3, -0.25) is 9.59 Å². The Hall–Kier alpha value is -2.72. The number of sulfonamides is 1. The highest BCUT2D eigenvalue weighted by molar-refractivity contribution is 7.89. The van der Waals surface area contributed by atoms with Crippen molar-refractivity contribution < 1.29 is 18.0 Å². The van der Waals surface area contributed by atoms with Gasteiger partial charge < -0.3 is 10.6 Å². The van der Waals surface area contributed by atoms with Crippen LogP contribution in [0.3, 0.4) is 0 Å². The summed E-state index contributed by atoms with van der Waals surface area (Å²) in [5, 5.41) is 7.47. The van der Waals surface area contributed by atoms with Gasteiger partial charge in [0, 0.05) is 25.3 Å². The largest absolute Gasteiger partial charge is 0.322 e. The lowest BCUT2D eigenvalue weighted by Crippen LogP contribution is -2.22. The quantitative estimate of drug-likeness (QED) is 0.573. The zero-order valence-corrected chi connectivity index (χ0v) is 18.4. The summed E-state index contributed by atoms with van der Waals surface area (Å²) in [5.41, 5.74) is 1.03. The highest BCUT2D eigenvalue weighted by Crippen LogP contribution is 2.25. The van der Waals surface area contributed by atoms with Crippen molar-refractivity contribution in [2.24, 2.45) is 0 Å². The minimum atomic E-state index is -3.55. The molecule has 0 radical (unpaired) electrons. The number of carbonyl (C=O) groups excluding carboxylic acids is 2. The maximum absolute atomic E-state index is 12.6. The third-order valence-corrected chi connectivity index (χ3v) is 7.14. The summed E-state index contributed by atoms with van der Waals surface area (Å²) in [7, 11) is -0.659. The normalized spacial score (nSPS) is 11.3. The summed E-state index contributed by atoms with van der Waals surface area (Å²) in [4.78, 5) is 25.5. The molecule has 0 saturated carbocycles. The Kier molecular flexibility index (Phi) is 6.57. The second kappa shape index (κ2) is 8.97. The number of halogens is 1. The number of anilines is 2. The molecule has 156 valence electrons. The third-order valence-electron chi connectivity index (χ3n) is 4.11. The van der Waals surface area contributed by atoms with Gasteiger partial charge in [-0.25, -0.2) is 12.7 Å². The summed E-state index contributed by atoms with van der Waals surface area (Å²) >= 11 is 7.44. The summed E-state index contributed by atoms with van der Waals surface area (Å²) in [6.45, 7) is 0. The van der Waals surface area contributed by atoms with E-state index in [0.29, 0.717) is 21.3 Å². The summed E-state index contributed by atoms with van der Waals surface area (Å²) < 4.78 is 25.4. The van der Waals surface area contributed by atoms with Gasteiger partial charge in [0.1, 0.15) is 0 Å². The monoisotopic (exact) mass is 463 g/mol. The molecule has 7 nitrogen and oxygen atoms in total. The molecule has 2 aromatic carbocycles.